The molecule has 0 aliphatic rings. The van der Waals surface area contributed by atoms with E-state index in [1.807, 2.05) is 0 Å². The van der Waals surface area contributed by atoms with Crippen LogP contribution in [0.15, 0.2) is 24.3 Å². The number of hydrogen-bond acceptors (Lipinski definition) is 11. The minimum Gasteiger partial charge on any atom is -0.462 e. The fourth-order valence-electron chi connectivity index (χ4n) is 6.48. The summed E-state index contributed by atoms with van der Waals surface area (Å²) in [5.74, 6) is -0.737. The van der Waals surface area contributed by atoms with Crippen molar-refractivity contribution in [3.63, 3.8) is 0 Å². The predicted molar refractivity (Wildman–Crippen MR) is 245 cm³/mol. The van der Waals surface area contributed by atoms with Gasteiger partial charge in [-0.15, -0.1) is 0 Å². The highest BCUT2D eigenvalue weighted by atomic mass is 32.3. The molecule has 1 amide bonds. The van der Waals surface area contributed by atoms with Gasteiger partial charge in [0.1, 0.15) is 13.2 Å². The highest BCUT2D eigenvalue weighted by molar-refractivity contribution is 7.80. The summed E-state index contributed by atoms with van der Waals surface area (Å²) in [4.78, 5) is 37.6. The molecular formula is C47H88N2O11S. The minimum atomic E-state index is -4.47. The Morgan fingerprint density at radius 2 is 0.951 bits per heavy atom. The van der Waals surface area contributed by atoms with Crippen molar-refractivity contribution in [2.24, 2.45) is 0 Å². The maximum absolute atomic E-state index is 12.6. The fourth-order valence-corrected chi connectivity index (χ4v) is 6.76. The van der Waals surface area contributed by atoms with Gasteiger partial charge in [0.25, 0.3) is 0 Å². The van der Waals surface area contributed by atoms with Gasteiger partial charge in [-0.3, -0.25) is 14.1 Å². The second-order valence-corrected chi connectivity index (χ2v) is 17.0. The van der Waals surface area contributed by atoms with Crippen LogP contribution < -0.4 is 10.6 Å². The number of nitrogens with one attached hydrogen (secondary N) is 2. The third kappa shape index (κ3) is 48.4. The van der Waals surface area contributed by atoms with Crippen LogP contribution in [-0.2, 0) is 43.1 Å². The van der Waals surface area contributed by atoms with E-state index in [-0.39, 0.29) is 51.2 Å². The Kier molecular flexibility index (Phi) is 43.6. The fraction of sp³-hybridized carbons (Fsp3) is 0.851. The molecule has 0 bridgehead atoms. The monoisotopic (exact) mass is 889 g/mol. The van der Waals surface area contributed by atoms with E-state index in [2.05, 4.69) is 53.0 Å². The van der Waals surface area contributed by atoms with E-state index in [0.717, 1.165) is 77.0 Å². The lowest BCUT2D eigenvalue weighted by molar-refractivity contribution is -0.152. The number of unbranched alkanes of at least 4 members (excludes halogenated alkanes) is 22. The first-order chi connectivity index (χ1) is 29.7. The van der Waals surface area contributed by atoms with Crippen molar-refractivity contribution in [3.05, 3.63) is 24.3 Å². The van der Waals surface area contributed by atoms with E-state index in [0.29, 0.717) is 32.7 Å². The van der Waals surface area contributed by atoms with Crippen LogP contribution in [0.1, 0.15) is 200 Å². The SMILES string of the molecule is CCCCCCCC/C=C\CCCCCCCC(=O)OCC(COC(=O)CCCCCCC/C=C\CCCCCCCC)OC(=O)NCCCNCCOCCOS(=O)(=O)O. The number of carbonyl (C=O) groups excluding carboxylic acids is 3. The van der Waals surface area contributed by atoms with Crippen LogP contribution in [0, 0.1) is 0 Å². The van der Waals surface area contributed by atoms with Crippen molar-refractivity contribution in [1.29, 1.82) is 0 Å². The number of rotatable bonds is 46. The van der Waals surface area contributed by atoms with E-state index in [1.165, 1.54) is 89.9 Å². The lowest BCUT2D eigenvalue weighted by Crippen LogP contribution is -2.36. The maximum atomic E-state index is 12.6. The van der Waals surface area contributed by atoms with Gasteiger partial charge in [-0.05, 0) is 77.2 Å². The van der Waals surface area contributed by atoms with Crippen molar-refractivity contribution in [3.8, 4) is 0 Å². The van der Waals surface area contributed by atoms with Crippen LogP contribution >= 0.6 is 0 Å². The van der Waals surface area contributed by atoms with E-state index >= 15 is 0 Å². The largest absolute Gasteiger partial charge is 0.462 e. The van der Waals surface area contributed by atoms with Crippen molar-refractivity contribution in [2.75, 3.05) is 52.7 Å². The highest BCUT2D eigenvalue weighted by Crippen LogP contribution is 2.13. The lowest BCUT2D eigenvalue weighted by Gasteiger charge is -2.18. The van der Waals surface area contributed by atoms with Gasteiger partial charge < -0.3 is 29.6 Å². The average Bonchev–Trinajstić information content (AvgIpc) is 3.23. The molecule has 358 valence electrons. The molecule has 0 aromatic rings. The number of amides is 1. The summed E-state index contributed by atoms with van der Waals surface area (Å²) in [6.07, 6.45) is 39.2. The number of allylic oxidation sites excluding steroid dienone is 4. The van der Waals surface area contributed by atoms with Crippen molar-refractivity contribution in [1.82, 2.24) is 10.6 Å². The molecular weight excluding hydrogens is 801 g/mol. The van der Waals surface area contributed by atoms with Crippen LogP contribution in [0.4, 0.5) is 4.79 Å². The second kappa shape index (κ2) is 45.5. The van der Waals surface area contributed by atoms with Gasteiger partial charge >= 0.3 is 28.4 Å². The maximum Gasteiger partial charge on any atom is 0.407 e. The standard InChI is InChI=1S/C47H88N2O11S/c1-3-5-7-9-11-13-15-17-19-21-23-25-27-29-31-34-45(50)57-42-44(60-47(52)49-37-33-36-48-38-39-56-40-41-59-61(53,54)55)43-58-46(51)35-32-30-28-26-24-22-20-18-16-14-12-10-8-6-4-2/h17-20,44,48H,3-16,21-43H2,1-2H3,(H,49,52)(H,53,54,55)/b19-17-,20-18-. The van der Waals surface area contributed by atoms with Gasteiger partial charge in [0, 0.05) is 25.9 Å². The normalized spacial score (nSPS) is 11.9. The number of alkyl carbamates (subject to hydrolysis) is 1. The number of hydrogen-bond donors (Lipinski definition) is 3. The zero-order chi connectivity index (χ0) is 44.8. The summed E-state index contributed by atoms with van der Waals surface area (Å²) in [5, 5.41) is 5.79. The molecule has 0 atom stereocenters. The predicted octanol–water partition coefficient (Wildman–Crippen LogP) is 11.1. The quantitative estimate of drug-likeness (QED) is 0.0174. The smallest absolute Gasteiger partial charge is 0.407 e. The van der Waals surface area contributed by atoms with E-state index < -0.39 is 22.6 Å². The minimum absolute atomic E-state index is 0.00994. The van der Waals surface area contributed by atoms with Crippen LogP contribution in [0.5, 0.6) is 0 Å². The van der Waals surface area contributed by atoms with E-state index in [1.54, 1.807) is 0 Å². The van der Waals surface area contributed by atoms with Crippen LogP contribution in [-0.4, -0.2) is 89.8 Å². The molecule has 0 aliphatic carbocycles. The molecule has 0 fully saturated rings. The molecule has 0 unspecified atom stereocenters. The van der Waals surface area contributed by atoms with Crippen LogP contribution in [0.25, 0.3) is 0 Å². The first-order valence-electron chi connectivity index (χ1n) is 24.1. The van der Waals surface area contributed by atoms with Gasteiger partial charge in [0.2, 0.25) is 0 Å². The first-order valence-corrected chi connectivity index (χ1v) is 25.5. The Hall–Kier alpha value is -2.52. The second-order valence-electron chi connectivity index (χ2n) is 16.0. The molecule has 13 nitrogen and oxygen atoms in total. The molecule has 0 aromatic heterocycles. The van der Waals surface area contributed by atoms with E-state index in [4.69, 9.17) is 23.5 Å². The number of carbonyl (C=O) groups is 3. The number of ether oxygens (including phenoxy) is 4. The highest BCUT2D eigenvalue weighted by Gasteiger charge is 2.19. The van der Waals surface area contributed by atoms with Gasteiger partial charge in [-0.2, -0.15) is 8.42 Å². The van der Waals surface area contributed by atoms with E-state index in [9.17, 15) is 22.8 Å². The Balaban J connectivity index is 4.39. The van der Waals surface area contributed by atoms with Gasteiger partial charge in [0.05, 0.1) is 19.8 Å². The Bertz CT molecular complexity index is 1130. The molecule has 3 N–H and O–H groups in total. The first kappa shape index (κ1) is 58.5. The molecule has 0 heterocycles. The molecule has 14 heteroatoms. The molecule has 0 saturated carbocycles. The van der Waals surface area contributed by atoms with Crippen LogP contribution in [0.2, 0.25) is 0 Å². The number of esters is 2. The summed E-state index contributed by atoms with van der Waals surface area (Å²) in [6.45, 7) is 5.49. The lowest BCUT2D eigenvalue weighted by atomic mass is 10.1. The Labute approximate surface area is 371 Å². The molecule has 61 heavy (non-hydrogen) atoms. The van der Waals surface area contributed by atoms with Crippen molar-refractivity contribution < 1.29 is 50.5 Å². The zero-order valence-electron chi connectivity index (χ0n) is 38.5. The van der Waals surface area contributed by atoms with Gasteiger partial charge in [0.15, 0.2) is 6.10 Å². The molecule has 0 saturated heterocycles. The summed E-state index contributed by atoms with van der Waals surface area (Å²) in [7, 11) is -4.47. The molecule has 0 aromatic carbocycles. The summed E-state index contributed by atoms with van der Waals surface area (Å²) in [6, 6.07) is 0. The van der Waals surface area contributed by atoms with Gasteiger partial charge in [-0.25, -0.2) is 8.98 Å². The Morgan fingerprint density at radius 1 is 0.525 bits per heavy atom. The summed E-state index contributed by atoms with van der Waals surface area (Å²) >= 11 is 0. The average molecular weight is 889 g/mol. The molecule has 0 spiro atoms. The summed E-state index contributed by atoms with van der Waals surface area (Å²) in [5.41, 5.74) is 0. The molecule has 0 radical (unpaired) electrons. The Morgan fingerprint density at radius 3 is 1.39 bits per heavy atom. The van der Waals surface area contributed by atoms with Crippen LogP contribution in [0.3, 0.4) is 0 Å². The topological polar surface area (TPSA) is 176 Å². The summed E-state index contributed by atoms with van der Waals surface area (Å²) < 4.78 is 55.3. The molecule has 0 aliphatic heterocycles. The van der Waals surface area contributed by atoms with Crippen molar-refractivity contribution >= 4 is 28.4 Å². The third-order valence-corrected chi connectivity index (χ3v) is 10.6. The van der Waals surface area contributed by atoms with Gasteiger partial charge in [-0.1, -0.05) is 141 Å². The van der Waals surface area contributed by atoms with Crippen molar-refractivity contribution in [2.45, 2.75) is 206 Å². The third-order valence-electron chi connectivity index (χ3n) is 10.1. The zero-order valence-corrected chi connectivity index (χ0v) is 39.3. The molecule has 0 rings (SSSR count).